The second-order valence-corrected chi connectivity index (χ2v) is 24.9. The first-order valence-corrected chi connectivity index (χ1v) is 34.0. The van der Waals surface area contributed by atoms with Crippen molar-refractivity contribution in [1.82, 2.24) is 5.32 Å². The maximum atomic E-state index is 13.0. The van der Waals surface area contributed by atoms with Gasteiger partial charge in [0.15, 0.2) is 0 Å². The first-order valence-electron chi connectivity index (χ1n) is 32.5. The predicted octanol–water partition coefficient (Wildman–Crippen LogP) is 20.3. The van der Waals surface area contributed by atoms with E-state index in [1.54, 1.807) is 6.08 Å². The van der Waals surface area contributed by atoms with Crippen molar-refractivity contribution in [2.75, 3.05) is 40.9 Å². The Balaban J connectivity index is 3.82. The van der Waals surface area contributed by atoms with Crippen LogP contribution >= 0.6 is 7.82 Å². The maximum absolute atomic E-state index is 13.0. The van der Waals surface area contributed by atoms with E-state index in [0.29, 0.717) is 17.4 Å². The summed E-state index contributed by atoms with van der Waals surface area (Å²) in [7, 11) is 1.58. The second kappa shape index (κ2) is 57.2. The van der Waals surface area contributed by atoms with Crippen molar-refractivity contribution in [3.63, 3.8) is 0 Å². The lowest BCUT2D eigenvalue weighted by molar-refractivity contribution is -0.870. The number of carbonyl (C=O) groups is 1. The molecule has 442 valence electrons. The molecule has 3 N–H and O–H groups in total. The Morgan fingerprint density at radius 3 is 1.11 bits per heavy atom. The van der Waals surface area contributed by atoms with Crippen LogP contribution in [0.25, 0.3) is 0 Å². The van der Waals surface area contributed by atoms with E-state index >= 15 is 0 Å². The number of hydrogen-bond acceptors (Lipinski definition) is 5. The number of aliphatic hydroxyl groups excluding tert-OH is 1. The third kappa shape index (κ3) is 60.0. The molecule has 0 rings (SSSR count). The zero-order chi connectivity index (χ0) is 54.9. The Hall–Kier alpha value is -1.54. The van der Waals surface area contributed by atoms with Gasteiger partial charge >= 0.3 is 7.82 Å². The summed E-state index contributed by atoms with van der Waals surface area (Å²) in [5.41, 5.74) is 0. The van der Waals surface area contributed by atoms with E-state index in [0.717, 1.165) is 51.4 Å². The Labute approximate surface area is 467 Å². The third-order valence-corrected chi connectivity index (χ3v) is 15.8. The molecule has 0 bridgehead atoms. The maximum Gasteiger partial charge on any atom is 0.472 e. The highest BCUT2D eigenvalue weighted by Gasteiger charge is 2.28. The van der Waals surface area contributed by atoms with Gasteiger partial charge in [-0.2, -0.15) is 0 Å². The van der Waals surface area contributed by atoms with Gasteiger partial charge in [-0.25, -0.2) is 4.57 Å². The van der Waals surface area contributed by atoms with E-state index < -0.39 is 20.0 Å². The van der Waals surface area contributed by atoms with Gasteiger partial charge < -0.3 is 19.8 Å². The van der Waals surface area contributed by atoms with Crippen LogP contribution in [0.3, 0.4) is 0 Å². The van der Waals surface area contributed by atoms with Gasteiger partial charge in [0, 0.05) is 6.42 Å². The van der Waals surface area contributed by atoms with Gasteiger partial charge in [-0.05, 0) is 57.8 Å². The number of amides is 1. The number of unbranched alkanes of at least 4 members (excludes halogenated alkanes) is 41. The first-order chi connectivity index (χ1) is 36.5. The average molecular weight is 1080 g/mol. The number of phosphoric ester groups is 1. The Bertz CT molecular complexity index is 1360. The number of carbonyl (C=O) groups excluding carboxylic acids is 1. The molecule has 3 atom stereocenters. The monoisotopic (exact) mass is 1080 g/mol. The molecule has 0 aliphatic carbocycles. The lowest BCUT2D eigenvalue weighted by Crippen LogP contribution is -2.45. The topological polar surface area (TPSA) is 105 Å². The molecule has 0 radical (unpaired) electrons. The minimum absolute atomic E-state index is 0.0631. The number of nitrogens with one attached hydrogen (secondary N) is 1. The molecule has 0 aliphatic rings. The molecule has 0 aromatic rings. The van der Waals surface area contributed by atoms with E-state index in [-0.39, 0.29) is 19.1 Å². The van der Waals surface area contributed by atoms with Gasteiger partial charge in [0.1, 0.15) is 13.2 Å². The third-order valence-electron chi connectivity index (χ3n) is 14.8. The van der Waals surface area contributed by atoms with Crippen LogP contribution in [0.1, 0.15) is 316 Å². The Morgan fingerprint density at radius 1 is 0.453 bits per heavy atom. The van der Waals surface area contributed by atoms with Crippen LogP contribution in [0.15, 0.2) is 48.6 Å². The van der Waals surface area contributed by atoms with E-state index in [1.807, 2.05) is 27.2 Å². The molecule has 0 fully saturated rings. The van der Waals surface area contributed by atoms with Gasteiger partial charge in [0.2, 0.25) is 5.91 Å². The summed E-state index contributed by atoms with van der Waals surface area (Å²) >= 11 is 0. The van der Waals surface area contributed by atoms with Crippen LogP contribution in [0.4, 0.5) is 0 Å². The summed E-state index contributed by atoms with van der Waals surface area (Å²) in [6.07, 6.45) is 76.9. The van der Waals surface area contributed by atoms with Crippen LogP contribution in [0.5, 0.6) is 0 Å². The van der Waals surface area contributed by atoms with Crippen molar-refractivity contribution in [3.8, 4) is 0 Å². The van der Waals surface area contributed by atoms with Crippen molar-refractivity contribution >= 4 is 13.7 Å². The highest BCUT2D eigenvalue weighted by Crippen LogP contribution is 2.43. The second-order valence-electron chi connectivity index (χ2n) is 23.5. The van der Waals surface area contributed by atoms with Crippen molar-refractivity contribution in [1.29, 1.82) is 0 Å². The summed E-state index contributed by atoms with van der Waals surface area (Å²) in [5, 5.41) is 13.9. The van der Waals surface area contributed by atoms with Crippen molar-refractivity contribution in [2.45, 2.75) is 328 Å². The van der Waals surface area contributed by atoms with Crippen LogP contribution in [-0.2, 0) is 18.4 Å². The lowest BCUT2D eigenvalue weighted by atomic mass is 10.0. The number of quaternary nitrogens is 1. The molecular formula is C66H128N2O6P+. The fraction of sp³-hybridized carbons (Fsp3) is 0.864. The Kier molecular flexibility index (Phi) is 56.0. The average Bonchev–Trinajstić information content (AvgIpc) is 3.37. The molecule has 0 heterocycles. The Morgan fingerprint density at radius 2 is 0.760 bits per heavy atom. The summed E-state index contributed by atoms with van der Waals surface area (Å²) < 4.78 is 23.7. The highest BCUT2D eigenvalue weighted by atomic mass is 31.2. The summed E-state index contributed by atoms with van der Waals surface area (Å²) in [6.45, 7) is 4.82. The number of allylic oxidation sites excluding steroid dienone is 7. The molecule has 9 heteroatoms. The van der Waals surface area contributed by atoms with Crippen molar-refractivity contribution in [2.24, 2.45) is 0 Å². The standard InChI is InChI=1S/C66H127N2O6P/c1-6-8-10-12-14-16-18-20-21-22-23-24-25-26-27-28-29-30-31-32-33-34-35-36-37-38-39-40-41-42-43-44-45-46-47-48-50-52-54-56-58-60-66(70)67-64(63-74-75(71,72)73-62-61-68(3,4)5)65(69)59-57-55-53-51-49-19-17-15-13-11-9-7-2/h18,20,22-23,25-26,57,59,64-65,69H,6-17,19,21,24,27-56,58,60-63H2,1-5H3,(H-,67,70,71,72)/p+1/b20-18-,23-22-,26-25-,59-57+. The largest absolute Gasteiger partial charge is 0.472 e. The molecule has 3 unspecified atom stereocenters. The lowest BCUT2D eigenvalue weighted by Gasteiger charge is -2.25. The van der Waals surface area contributed by atoms with Gasteiger partial charge in [0.05, 0.1) is 39.9 Å². The summed E-state index contributed by atoms with van der Waals surface area (Å²) in [5.74, 6) is -0.173. The minimum Gasteiger partial charge on any atom is -0.387 e. The van der Waals surface area contributed by atoms with Gasteiger partial charge in [0.25, 0.3) is 0 Å². The molecule has 0 saturated heterocycles. The fourth-order valence-corrected chi connectivity index (χ4v) is 10.4. The normalized spacial score (nSPS) is 14.1. The van der Waals surface area contributed by atoms with E-state index in [9.17, 15) is 19.4 Å². The van der Waals surface area contributed by atoms with Crippen molar-refractivity contribution in [3.05, 3.63) is 48.6 Å². The SMILES string of the molecule is CCCCCCC/C=C\C/C=C\C/C=C\CCCCCCCCCCCCCCCCCCCCCCCCCCCCC(=O)NC(COP(=O)(O)OCC[N+](C)(C)C)C(O)/C=C/CCCCCCCCCCCC. The molecule has 0 aromatic heterocycles. The van der Waals surface area contributed by atoms with Gasteiger partial charge in [-0.15, -0.1) is 0 Å². The number of aliphatic hydroxyl groups is 1. The number of rotatable bonds is 60. The number of phosphoric acid groups is 1. The molecule has 0 aliphatic heterocycles. The zero-order valence-electron chi connectivity index (χ0n) is 50.6. The van der Waals surface area contributed by atoms with Gasteiger partial charge in [-0.3, -0.25) is 13.8 Å². The first kappa shape index (κ1) is 73.5. The molecule has 0 aromatic carbocycles. The smallest absolute Gasteiger partial charge is 0.387 e. The number of nitrogens with zero attached hydrogens (tertiary/aromatic N) is 1. The molecule has 1 amide bonds. The molecule has 8 nitrogen and oxygen atoms in total. The minimum atomic E-state index is -4.34. The van der Waals surface area contributed by atoms with Crippen LogP contribution in [0, 0.1) is 0 Å². The highest BCUT2D eigenvalue weighted by molar-refractivity contribution is 7.47. The molecule has 0 spiro atoms. The molecule has 0 saturated carbocycles. The van der Waals surface area contributed by atoms with Gasteiger partial charge in [-0.1, -0.05) is 300 Å². The van der Waals surface area contributed by atoms with E-state index in [2.05, 4.69) is 55.6 Å². The van der Waals surface area contributed by atoms with Crippen molar-refractivity contribution < 1.29 is 32.9 Å². The molecule has 75 heavy (non-hydrogen) atoms. The zero-order valence-corrected chi connectivity index (χ0v) is 51.4. The summed E-state index contributed by atoms with van der Waals surface area (Å²) in [4.78, 5) is 23.3. The van der Waals surface area contributed by atoms with Crippen LogP contribution in [0.2, 0.25) is 0 Å². The predicted molar refractivity (Wildman–Crippen MR) is 327 cm³/mol. The number of hydrogen-bond donors (Lipinski definition) is 3. The van der Waals surface area contributed by atoms with E-state index in [4.69, 9.17) is 9.05 Å². The number of likely N-dealkylation sites (N-methyl/N-ethyl adjacent to an activating group) is 1. The quantitative estimate of drug-likeness (QED) is 0.0243. The fourth-order valence-electron chi connectivity index (χ4n) is 9.70. The van der Waals surface area contributed by atoms with Crippen LogP contribution in [-0.4, -0.2) is 73.4 Å². The summed E-state index contributed by atoms with van der Waals surface area (Å²) in [6, 6.07) is -0.844. The van der Waals surface area contributed by atoms with Crippen LogP contribution < -0.4 is 5.32 Å². The van der Waals surface area contributed by atoms with E-state index in [1.165, 1.54) is 244 Å². The molecular weight excluding hydrogens is 948 g/mol.